The van der Waals surface area contributed by atoms with Crippen LogP contribution in [0.4, 0.5) is 0 Å². The predicted octanol–water partition coefficient (Wildman–Crippen LogP) is 4.49. The second-order valence-corrected chi connectivity index (χ2v) is 5.59. The summed E-state index contributed by atoms with van der Waals surface area (Å²) in [7, 11) is 0. The Morgan fingerprint density at radius 3 is 2.94 bits per heavy atom. The molecule has 4 heteroatoms. The second-order valence-electron chi connectivity index (χ2n) is 4.27. The highest BCUT2D eigenvalue weighted by Gasteiger charge is 2.16. The van der Waals surface area contributed by atoms with Crippen molar-refractivity contribution in [2.75, 3.05) is 18.6 Å². The van der Waals surface area contributed by atoms with Crippen molar-refractivity contribution in [3.8, 4) is 0 Å². The molecule has 0 spiro atoms. The van der Waals surface area contributed by atoms with Crippen LogP contribution in [-0.2, 0) is 0 Å². The highest BCUT2D eigenvalue weighted by Crippen LogP contribution is 2.30. The summed E-state index contributed by atoms with van der Waals surface area (Å²) in [6.45, 7) is 3.16. The number of thioether (sulfide) groups is 1. The van der Waals surface area contributed by atoms with Crippen molar-refractivity contribution in [2.45, 2.75) is 19.4 Å². The maximum atomic E-state index is 6.14. The minimum Gasteiger partial charge on any atom is -0.458 e. The fourth-order valence-electron chi connectivity index (χ4n) is 1.95. The van der Waals surface area contributed by atoms with Crippen molar-refractivity contribution in [3.63, 3.8) is 0 Å². The van der Waals surface area contributed by atoms with Gasteiger partial charge in [-0.15, -0.1) is 0 Å². The van der Waals surface area contributed by atoms with Crippen LogP contribution >= 0.6 is 23.4 Å². The Bertz CT molecular complexity index is 511. The van der Waals surface area contributed by atoms with Gasteiger partial charge in [-0.05, 0) is 31.4 Å². The van der Waals surface area contributed by atoms with E-state index in [-0.39, 0.29) is 6.04 Å². The SMILES string of the molecule is CCCNC(CSC)c1cc2cccc(Cl)c2o1. The van der Waals surface area contributed by atoms with Crippen molar-refractivity contribution in [1.82, 2.24) is 5.32 Å². The Labute approximate surface area is 117 Å². The van der Waals surface area contributed by atoms with Crippen LogP contribution in [0.1, 0.15) is 25.1 Å². The third-order valence-corrected chi connectivity index (χ3v) is 3.80. The normalized spacial score (nSPS) is 13.1. The number of rotatable bonds is 6. The van der Waals surface area contributed by atoms with Crippen LogP contribution < -0.4 is 5.32 Å². The molecule has 1 atom stereocenters. The molecule has 98 valence electrons. The Balaban J connectivity index is 2.29. The minimum atomic E-state index is 0.253. The average molecular weight is 284 g/mol. The van der Waals surface area contributed by atoms with Crippen molar-refractivity contribution in [2.24, 2.45) is 0 Å². The van der Waals surface area contributed by atoms with Gasteiger partial charge in [-0.2, -0.15) is 11.8 Å². The number of fused-ring (bicyclic) bond motifs is 1. The molecule has 0 bridgehead atoms. The standard InChI is InChI=1S/C14H18ClNOS/c1-3-7-16-12(9-18-2)13-8-10-5-4-6-11(15)14(10)17-13/h4-6,8,12,16H,3,7,9H2,1-2H3. The van der Waals surface area contributed by atoms with Crippen molar-refractivity contribution < 1.29 is 4.42 Å². The molecule has 0 saturated heterocycles. The molecule has 2 rings (SSSR count). The largest absolute Gasteiger partial charge is 0.458 e. The number of hydrogen-bond acceptors (Lipinski definition) is 3. The molecule has 2 nitrogen and oxygen atoms in total. The van der Waals surface area contributed by atoms with Crippen molar-refractivity contribution >= 4 is 34.3 Å². The van der Waals surface area contributed by atoms with E-state index in [1.807, 2.05) is 30.0 Å². The third kappa shape index (κ3) is 3.02. The Morgan fingerprint density at radius 1 is 1.44 bits per heavy atom. The average Bonchev–Trinajstić information content (AvgIpc) is 2.80. The Morgan fingerprint density at radius 2 is 2.28 bits per heavy atom. The maximum absolute atomic E-state index is 6.14. The molecule has 1 aromatic carbocycles. The lowest BCUT2D eigenvalue weighted by Crippen LogP contribution is -2.23. The molecule has 0 aliphatic carbocycles. The topological polar surface area (TPSA) is 25.2 Å². The van der Waals surface area contributed by atoms with Crippen molar-refractivity contribution in [3.05, 3.63) is 35.0 Å². The van der Waals surface area contributed by atoms with Gasteiger partial charge in [0, 0.05) is 11.1 Å². The van der Waals surface area contributed by atoms with E-state index in [1.165, 1.54) is 0 Å². The van der Waals surface area contributed by atoms with Gasteiger partial charge >= 0.3 is 0 Å². The van der Waals surface area contributed by atoms with E-state index >= 15 is 0 Å². The highest BCUT2D eigenvalue weighted by atomic mass is 35.5. The van der Waals surface area contributed by atoms with E-state index in [2.05, 4.69) is 24.6 Å². The van der Waals surface area contributed by atoms with Crippen LogP contribution in [0.3, 0.4) is 0 Å². The molecule has 0 radical (unpaired) electrons. The molecule has 0 amide bonds. The molecule has 2 aromatic rings. The van der Waals surface area contributed by atoms with Crippen LogP contribution in [0.2, 0.25) is 5.02 Å². The van der Waals surface area contributed by atoms with E-state index < -0.39 is 0 Å². The molecule has 1 aromatic heterocycles. The smallest absolute Gasteiger partial charge is 0.152 e. The predicted molar refractivity (Wildman–Crippen MR) is 80.6 cm³/mol. The van der Waals surface area contributed by atoms with Crippen LogP contribution in [0.25, 0.3) is 11.0 Å². The van der Waals surface area contributed by atoms with Crippen LogP contribution in [-0.4, -0.2) is 18.6 Å². The zero-order chi connectivity index (χ0) is 13.0. The lowest BCUT2D eigenvalue weighted by atomic mass is 10.2. The van der Waals surface area contributed by atoms with Crippen LogP contribution in [0, 0.1) is 0 Å². The number of nitrogens with one attached hydrogen (secondary N) is 1. The molecule has 1 N–H and O–H groups in total. The molecule has 1 heterocycles. The number of para-hydroxylation sites is 1. The molecular weight excluding hydrogens is 266 g/mol. The molecule has 0 aliphatic rings. The number of benzene rings is 1. The van der Waals surface area contributed by atoms with Crippen molar-refractivity contribution in [1.29, 1.82) is 0 Å². The molecule has 1 unspecified atom stereocenters. The Hall–Kier alpha value is -0.640. The fraction of sp³-hybridized carbons (Fsp3) is 0.429. The summed E-state index contributed by atoms with van der Waals surface area (Å²) in [4.78, 5) is 0. The van der Waals surface area contributed by atoms with E-state index in [4.69, 9.17) is 16.0 Å². The molecule has 0 fully saturated rings. The minimum absolute atomic E-state index is 0.253. The van der Waals surface area contributed by atoms with Crippen LogP contribution in [0.15, 0.2) is 28.7 Å². The zero-order valence-corrected chi connectivity index (χ0v) is 12.3. The molecule has 0 aliphatic heterocycles. The quantitative estimate of drug-likeness (QED) is 0.845. The summed E-state index contributed by atoms with van der Waals surface area (Å²) in [6, 6.07) is 8.19. The summed E-state index contributed by atoms with van der Waals surface area (Å²) >= 11 is 7.95. The van der Waals surface area contributed by atoms with Gasteiger partial charge in [-0.1, -0.05) is 30.7 Å². The van der Waals surface area contributed by atoms with Gasteiger partial charge in [0.15, 0.2) is 5.58 Å². The van der Waals surface area contributed by atoms with Gasteiger partial charge in [0.25, 0.3) is 0 Å². The van der Waals surface area contributed by atoms with E-state index in [9.17, 15) is 0 Å². The summed E-state index contributed by atoms with van der Waals surface area (Å²) in [5.74, 6) is 1.97. The second kappa shape index (κ2) is 6.50. The lowest BCUT2D eigenvalue weighted by Gasteiger charge is -2.14. The van der Waals surface area contributed by atoms with Gasteiger partial charge in [-0.25, -0.2) is 0 Å². The van der Waals surface area contributed by atoms with Gasteiger partial charge in [-0.3, -0.25) is 0 Å². The summed E-state index contributed by atoms with van der Waals surface area (Å²) < 4.78 is 5.90. The third-order valence-electron chi connectivity index (χ3n) is 2.83. The number of hydrogen-bond donors (Lipinski definition) is 1. The van der Waals surface area contributed by atoms with E-state index in [0.29, 0.717) is 5.02 Å². The highest BCUT2D eigenvalue weighted by molar-refractivity contribution is 7.98. The molecule has 18 heavy (non-hydrogen) atoms. The maximum Gasteiger partial charge on any atom is 0.152 e. The van der Waals surface area contributed by atoms with E-state index in [0.717, 1.165) is 35.4 Å². The monoisotopic (exact) mass is 283 g/mol. The van der Waals surface area contributed by atoms with Gasteiger partial charge < -0.3 is 9.73 Å². The van der Waals surface area contributed by atoms with E-state index in [1.54, 1.807) is 0 Å². The first-order valence-electron chi connectivity index (χ1n) is 6.16. The van der Waals surface area contributed by atoms with Gasteiger partial charge in [0.05, 0.1) is 11.1 Å². The fourth-order valence-corrected chi connectivity index (χ4v) is 2.78. The first-order chi connectivity index (χ1) is 8.76. The zero-order valence-electron chi connectivity index (χ0n) is 10.7. The first-order valence-corrected chi connectivity index (χ1v) is 7.93. The van der Waals surface area contributed by atoms with Gasteiger partial charge in [0.2, 0.25) is 0 Å². The molecule has 0 saturated carbocycles. The van der Waals surface area contributed by atoms with Crippen LogP contribution in [0.5, 0.6) is 0 Å². The number of furan rings is 1. The lowest BCUT2D eigenvalue weighted by molar-refractivity contribution is 0.456. The summed E-state index contributed by atoms with van der Waals surface area (Å²) in [6.07, 6.45) is 3.22. The van der Waals surface area contributed by atoms with Gasteiger partial charge in [0.1, 0.15) is 5.76 Å². The summed E-state index contributed by atoms with van der Waals surface area (Å²) in [5, 5.41) is 5.26. The molecular formula is C14H18ClNOS. The first kappa shape index (κ1) is 13.8. The Kier molecular flexibility index (Phi) is 4.98. The summed E-state index contributed by atoms with van der Waals surface area (Å²) in [5.41, 5.74) is 0.790. The number of halogens is 1.